The summed E-state index contributed by atoms with van der Waals surface area (Å²) in [6, 6.07) is 8.64. The first kappa shape index (κ1) is 20.6. The van der Waals surface area contributed by atoms with Crippen LogP contribution in [-0.2, 0) is 6.42 Å². The first-order valence-corrected chi connectivity index (χ1v) is 8.24. The summed E-state index contributed by atoms with van der Waals surface area (Å²) in [6.07, 6.45) is 3.14. The Balaban J connectivity index is 0.00000400. The fraction of sp³-hybridized carbons (Fsp3) is 0.562. The molecule has 0 bridgehead atoms. The number of hydrogen-bond acceptors (Lipinski definition) is 2. The lowest BCUT2D eigenvalue weighted by Crippen LogP contribution is -2.43. The summed E-state index contributed by atoms with van der Waals surface area (Å²) in [6.45, 7) is 8.37. The van der Waals surface area contributed by atoms with Crippen LogP contribution >= 0.6 is 35.7 Å². The number of benzene rings is 1. The van der Waals surface area contributed by atoms with Crippen LogP contribution in [0.4, 0.5) is 0 Å². The van der Waals surface area contributed by atoms with Gasteiger partial charge in [0.15, 0.2) is 5.96 Å². The highest BCUT2D eigenvalue weighted by Gasteiger charge is 2.15. The fourth-order valence-corrected chi connectivity index (χ4v) is 2.00. The second-order valence-corrected chi connectivity index (χ2v) is 7.07. The zero-order valence-corrected chi connectivity index (χ0v) is 16.8. The minimum atomic E-state index is 0. The molecule has 1 aromatic carbocycles. The molecule has 2 N–H and O–H groups in total. The van der Waals surface area contributed by atoms with Crippen LogP contribution in [0, 0.1) is 6.92 Å². The number of aliphatic imine (C=N–C) groups is 1. The molecule has 120 valence electrons. The SMILES string of the molecule is CN=C(NCCc1cccc(C)c1)NCC(C)(C)SC.I. The van der Waals surface area contributed by atoms with Gasteiger partial charge in [0.2, 0.25) is 0 Å². The molecule has 21 heavy (non-hydrogen) atoms. The van der Waals surface area contributed by atoms with Gasteiger partial charge in [0.25, 0.3) is 0 Å². The van der Waals surface area contributed by atoms with E-state index >= 15 is 0 Å². The molecule has 5 heteroatoms. The minimum Gasteiger partial charge on any atom is -0.356 e. The van der Waals surface area contributed by atoms with Crippen molar-refractivity contribution < 1.29 is 0 Å². The predicted octanol–water partition coefficient (Wildman–Crippen LogP) is 3.46. The summed E-state index contributed by atoms with van der Waals surface area (Å²) in [5, 5.41) is 6.74. The molecule has 0 spiro atoms. The molecule has 0 aliphatic carbocycles. The highest BCUT2D eigenvalue weighted by atomic mass is 127. The van der Waals surface area contributed by atoms with Gasteiger partial charge < -0.3 is 10.6 Å². The van der Waals surface area contributed by atoms with Gasteiger partial charge in [-0.15, -0.1) is 24.0 Å². The van der Waals surface area contributed by atoms with E-state index in [1.807, 2.05) is 18.8 Å². The van der Waals surface area contributed by atoms with E-state index in [-0.39, 0.29) is 28.7 Å². The van der Waals surface area contributed by atoms with Crippen molar-refractivity contribution in [2.45, 2.75) is 31.9 Å². The summed E-state index contributed by atoms with van der Waals surface area (Å²) in [4.78, 5) is 4.26. The highest BCUT2D eigenvalue weighted by molar-refractivity contribution is 14.0. The Bertz CT molecular complexity index is 447. The summed E-state index contributed by atoms with van der Waals surface area (Å²) < 4.78 is 0.216. The summed E-state index contributed by atoms with van der Waals surface area (Å²) >= 11 is 1.86. The first-order chi connectivity index (χ1) is 9.46. The smallest absolute Gasteiger partial charge is 0.191 e. The Morgan fingerprint density at radius 2 is 2.00 bits per heavy atom. The van der Waals surface area contributed by atoms with Crippen molar-refractivity contribution in [1.82, 2.24) is 10.6 Å². The van der Waals surface area contributed by atoms with Crippen molar-refractivity contribution in [1.29, 1.82) is 0 Å². The second kappa shape index (κ2) is 10.3. The van der Waals surface area contributed by atoms with E-state index in [0.29, 0.717) is 0 Å². The van der Waals surface area contributed by atoms with E-state index in [1.165, 1.54) is 11.1 Å². The van der Waals surface area contributed by atoms with Crippen molar-refractivity contribution in [3.8, 4) is 0 Å². The number of thioether (sulfide) groups is 1. The molecule has 0 aliphatic rings. The zero-order chi connectivity index (χ0) is 15.0. The fourth-order valence-electron chi connectivity index (χ4n) is 1.78. The average Bonchev–Trinajstić information content (AvgIpc) is 2.42. The Morgan fingerprint density at radius 3 is 2.57 bits per heavy atom. The van der Waals surface area contributed by atoms with Gasteiger partial charge in [-0.3, -0.25) is 4.99 Å². The monoisotopic (exact) mass is 421 g/mol. The highest BCUT2D eigenvalue weighted by Crippen LogP contribution is 2.19. The third-order valence-corrected chi connectivity index (χ3v) is 4.50. The molecule has 3 nitrogen and oxygen atoms in total. The Labute approximate surface area is 150 Å². The third-order valence-electron chi connectivity index (χ3n) is 3.25. The molecule has 0 saturated carbocycles. The first-order valence-electron chi connectivity index (χ1n) is 7.02. The molecule has 0 amide bonds. The maximum atomic E-state index is 4.26. The number of aryl methyl sites for hydroxylation is 1. The van der Waals surface area contributed by atoms with E-state index < -0.39 is 0 Å². The second-order valence-electron chi connectivity index (χ2n) is 5.56. The summed E-state index contributed by atoms with van der Waals surface area (Å²) in [7, 11) is 1.81. The van der Waals surface area contributed by atoms with Crippen molar-refractivity contribution in [2.75, 3.05) is 26.4 Å². The lowest BCUT2D eigenvalue weighted by atomic mass is 10.1. The molecule has 0 atom stereocenters. The Morgan fingerprint density at radius 1 is 1.29 bits per heavy atom. The maximum Gasteiger partial charge on any atom is 0.191 e. The van der Waals surface area contributed by atoms with E-state index in [1.54, 1.807) is 0 Å². The van der Waals surface area contributed by atoms with Crippen molar-refractivity contribution >= 4 is 41.7 Å². The molecule has 1 aromatic rings. The van der Waals surface area contributed by atoms with Gasteiger partial charge in [0.1, 0.15) is 0 Å². The molecule has 0 unspecified atom stereocenters. The standard InChI is InChI=1S/C16H27N3S.HI/c1-13-7-6-8-14(11-13)9-10-18-15(17-4)19-12-16(2,3)20-5;/h6-8,11H,9-10,12H2,1-5H3,(H2,17,18,19);1H. The summed E-state index contributed by atoms with van der Waals surface area (Å²) in [5.74, 6) is 0.875. The van der Waals surface area contributed by atoms with Crippen molar-refractivity contribution in [2.24, 2.45) is 4.99 Å². The molecule has 0 aromatic heterocycles. The molecule has 0 heterocycles. The number of halogens is 1. The van der Waals surface area contributed by atoms with Gasteiger partial charge in [-0.25, -0.2) is 0 Å². The molecule has 0 saturated heterocycles. The van der Waals surface area contributed by atoms with Gasteiger partial charge in [-0.1, -0.05) is 29.8 Å². The number of nitrogens with one attached hydrogen (secondary N) is 2. The van der Waals surface area contributed by atoms with E-state index in [9.17, 15) is 0 Å². The normalized spacial score (nSPS) is 11.8. The maximum absolute atomic E-state index is 4.26. The molecule has 0 aliphatic heterocycles. The van der Waals surface area contributed by atoms with Gasteiger partial charge in [0, 0.05) is 24.9 Å². The molecular weight excluding hydrogens is 393 g/mol. The lowest BCUT2D eigenvalue weighted by Gasteiger charge is -2.23. The third kappa shape index (κ3) is 8.56. The van der Waals surface area contributed by atoms with E-state index in [4.69, 9.17) is 0 Å². The summed E-state index contributed by atoms with van der Waals surface area (Å²) in [5.41, 5.74) is 2.67. The minimum absolute atomic E-state index is 0. The van der Waals surface area contributed by atoms with Crippen LogP contribution in [0.2, 0.25) is 0 Å². The zero-order valence-electron chi connectivity index (χ0n) is 13.7. The van der Waals surface area contributed by atoms with Crippen LogP contribution in [0.1, 0.15) is 25.0 Å². The Kier molecular flexibility index (Phi) is 10.1. The lowest BCUT2D eigenvalue weighted by molar-refractivity contribution is 0.664. The van der Waals surface area contributed by atoms with Gasteiger partial charge in [-0.2, -0.15) is 11.8 Å². The number of nitrogens with zero attached hydrogens (tertiary/aromatic N) is 1. The molecule has 0 radical (unpaired) electrons. The van der Waals surface area contributed by atoms with Gasteiger partial charge in [0.05, 0.1) is 0 Å². The Hall–Kier alpha value is -0.430. The molecular formula is C16H28IN3S. The number of rotatable bonds is 6. The van der Waals surface area contributed by atoms with Crippen LogP contribution in [0.15, 0.2) is 29.3 Å². The van der Waals surface area contributed by atoms with E-state index in [2.05, 4.69) is 66.9 Å². The number of hydrogen-bond donors (Lipinski definition) is 2. The van der Waals surface area contributed by atoms with Gasteiger partial charge >= 0.3 is 0 Å². The van der Waals surface area contributed by atoms with Crippen LogP contribution in [0.5, 0.6) is 0 Å². The average molecular weight is 421 g/mol. The van der Waals surface area contributed by atoms with Gasteiger partial charge in [-0.05, 0) is 39.0 Å². The van der Waals surface area contributed by atoms with Crippen LogP contribution in [0.25, 0.3) is 0 Å². The van der Waals surface area contributed by atoms with Crippen LogP contribution < -0.4 is 10.6 Å². The predicted molar refractivity (Wildman–Crippen MR) is 107 cm³/mol. The quantitative estimate of drug-likeness (QED) is 0.420. The molecule has 0 fully saturated rings. The number of guanidine groups is 1. The molecule has 1 rings (SSSR count). The van der Waals surface area contributed by atoms with Crippen LogP contribution in [0.3, 0.4) is 0 Å². The topological polar surface area (TPSA) is 36.4 Å². The van der Waals surface area contributed by atoms with Crippen LogP contribution in [-0.4, -0.2) is 37.1 Å². The largest absolute Gasteiger partial charge is 0.356 e. The van der Waals surface area contributed by atoms with Crippen molar-refractivity contribution in [3.63, 3.8) is 0 Å². The van der Waals surface area contributed by atoms with Crippen molar-refractivity contribution in [3.05, 3.63) is 35.4 Å². The van der Waals surface area contributed by atoms with E-state index in [0.717, 1.165) is 25.5 Å².